The van der Waals surface area contributed by atoms with Crippen molar-refractivity contribution in [2.45, 2.75) is 21.6 Å². The lowest BCUT2D eigenvalue weighted by Gasteiger charge is -2.06. The van der Waals surface area contributed by atoms with Crippen molar-refractivity contribution in [3.05, 3.63) is 29.8 Å². The van der Waals surface area contributed by atoms with Crippen LogP contribution in [0.25, 0.3) is 0 Å². The van der Waals surface area contributed by atoms with E-state index in [1.54, 1.807) is 34.9 Å². The average molecular weight is 328 g/mol. The Balaban J connectivity index is 1.63. The molecule has 0 aliphatic rings. The van der Waals surface area contributed by atoms with Gasteiger partial charge >= 0.3 is 0 Å². The molecular formula is C13H17N3OS3. The van der Waals surface area contributed by atoms with Crippen LogP contribution in [0, 0.1) is 0 Å². The molecule has 1 heterocycles. The normalized spacial score (nSPS) is 10.7. The minimum Gasteiger partial charge on any atom is -0.494 e. The maximum absolute atomic E-state index is 5.68. The predicted octanol–water partition coefficient (Wildman–Crippen LogP) is 3.28. The number of hydrogen-bond acceptors (Lipinski definition) is 7. The molecule has 1 aromatic heterocycles. The lowest BCUT2D eigenvalue weighted by atomic mass is 10.2. The highest BCUT2D eigenvalue weighted by Gasteiger charge is 2.03. The first-order chi connectivity index (χ1) is 9.81. The highest BCUT2D eigenvalue weighted by atomic mass is 32.2. The second-order valence-corrected chi connectivity index (χ2v) is 7.31. The third-order valence-corrected chi connectivity index (χ3v) is 5.62. The van der Waals surface area contributed by atoms with Crippen LogP contribution < -0.4 is 10.5 Å². The van der Waals surface area contributed by atoms with Crippen LogP contribution in [-0.2, 0) is 6.54 Å². The van der Waals surface area contributed by atoms with Crippen molar-refractivity contribution < 1.29 is 4.74 Å². The quantitative estimate of drug-likeness (QED) is 0.593. The van der Waals surface area contributed by atoms with Crippen molar-refractivity contribution in [3.63, 3.8) is 0 Å². The standard InChI is InChI=1S/C13H17N3OS3/c1-18-12-15-16-13(20-12)19-8-2-7-17-11-5-3-10(9-14)4-6-11/h3-6H,2,7-9,14H2,1H3. The average Bonchev–Trinajstić information content (AvgIpc) is 2.95. The predicted molar refractivity (Wildman–Crippen MR) is 86.9 cm³/mol. The molecule has 2 aromatic rings. The van der Waals surface area contributed by atoms with Gasteiger partial charge in [0, 0.05) is 12.3 Å². The third-order valence-electron chi connectivity index (χ3n) is 2.50. The molecule has 0 spiro atoms. The van der Waals surface area contributed by atoms with E-state index >= 15 is 0 Å². The van der Waals surface area contributed by atoms with E-state index in [4.69, 9.17) is 10.5 Å². The van der Waals surface area contributed by atoms with Crippen molar-refractivity contribution in [3.8, 4) is 5.75 Å². The topological polar surface area (TPSA) is 61.0 Å². The molecular weight excluding hydrogens is 310 g/mol. The van der Waals surface area contributed by atoms with Gasteiger partial charge in [-0.3, -0.25) is 0 Å². The number of nitrogens with two attached hydrogens (primary N) is 1. The van der Waals surface area contributed by atoms with Gasteiger partial charge in [-0.2, -0.15) is 0 Å². The van der Waals surface area contributed by atoms with Crippen LogP contribution in [0.3, 0.4) is 0 Å². The fourth-order valence-electron chi connectivity index (χ4n) is 1.47. The minimum atomic E-state index is 0.566. The molecule has 0 unspecified atom stereocenters. The van der Waals surface area contributed by atoms with E-state index in [1.165, 1.54) is 0 Å². The molecule has 0 saturated heterocycles. The summed E-state index contributed by atoms with van der Waals surface area (Å²) in [6, 6.07) is 7.92. The Morgan fingerprint density at radius 1 is 1.20 bits per heavy atom. The largest absolute Gasteiger partial charge is 0.494 e. The zero-order valence-corrected chi connectivity index (χ0v) is 13.7. The van der Waals surface area contributed by atoms with E-state index in [-0.39, 0.29) is 0 Å². The molecule has 4 nitrogen and oxygen atoms in total. The first-order valence-electron chi connectivity index (χ1n) is 6.24. The van der Waals surface area contributed by atoms with E-state index in [0.29, 0.717) is 13.2 Å². The smallest absolute Gasteiger partial charge is 0.175 e. The number of nitrogens with zero attached hydrogens (tertiary/aromatic N) is 2. The van der Waals surface area contributed by atoms with Gasteiger partial charge in [-0.25, -0.2) is 0 Å². The molecule has 0 atom stereocenters. The van der Waals surface area contributed by atoms with Crippen molar-refractivity contribution in [1.82, 2.24) is 10.2 Å². The molecule has 2 N–H and O–H groups in total. The zero-order valence-electron chi connectivity index (χ0n) is 11.2. The lowest BCUT2D eigenvalue weighted by molar-refractivity contribution is 0.318. The van der Waals surface area contributed by atoms with Crippen LogP contribution in [0.4, 0.5) is 0 Å². The maximum Gasteiger partial charge on any atom is 0.175 e. The van der Waals surface area contributed by atoms with Crippen LogP contribution in [0.5, 0.6) is 5.75 Å². The van der Waals surface area contributed by atoms with Gasteiger partial charge in [-0.05, 0) is 30.4 Å². The number of ether oxygens (including phenoxy) is 1. The van der Waals surface area contributed by atoms with Gasteiger partial charge in [-0.15, -0.1) is 10.2 Å². The Kier molecular flexibility index (Phi) is 6.65. The molecule has 20 heavy (non-hydrogen) atoms. The summed E-state index contributed by atoms with van der Waals surface area (Å²) >= 11 is 5.01. The van der Waals surface area contributed by atoms with Crippen LogP contribution in [0.2, 0.25) is 0 Å². The van der Waals surface area contributed by atoms with E-state index in [9.17, 15) is 0 Å². The van der Waals surface area contributed by atoms with Crippen molar-refractivity contribution in [1.29, 1.82) is 0 Å². The summed E-state index contributed by atoms with van der Waals surface area (Å²) in [6.07, 6.45) is 3.00. The van der Waals surface area contributed by atoms with Gasteiger partial charge in [0.25, 0.3) is 0 Å². The molecule has 0 aliphatic carbocycles. The fraction of sp³-hybridized carbons (Fsp3) is 0.385. The van der Waals surface area contributed by atoms with Crippen LogP contribution in [0.1, 0.15) is 12.0 Å². The summed E-state index contributed by atoms with van der Waals surface area (Å²) in [5.41, 5.74) is 6.67. The first-order valence-corrected chi connectivity index (χ1v) is 9.26. The van der Waals surface area contributed by atoms with Crippen LogP contribution in [-0.4, -0.2) is 28.8 Å². The number of hydrogen-bond donors (Lipinski definition) is 1. The molecule has 0 amide bonds. The molecule has 1 aromatic carbocycles. The fourth-order valence-corrected chi connectivity index (χ4v) is 3.89. The monoisotopic (exact) mass is 327 g/mol. The Bertz CT molecular complexity index is 516. The molecule has 0 aliphatic heterocycles. The maximum atomic E-state index is 5.68. The number of aromatic nitrogens is 2. The third kappa shape index (κ3) is 4.97. The second kappa shape index (κ2) is 8.51. The first kappa shape index (κ1) is 15.6. The Labute approximate surface area is 131 Å². The Morgan fingerprint density at radius 2 is 1.95 bits per heavy atom. The van der Waals surface area contributed by atoms with Gasteiger partial charge in [0.2, 0.25) is 0 Å². The highest BCUT2D eigenvalue weighted by Crippen LogP contribution is 2.27. The number of thioether (sulfide) groups is 2. The van der Waals surface area contributed by atoms with E-state index in [2.05, 4.69) is 10.2 Å². The Hall–Kier alpha value is -0.760. The summed E-state index contributed by atoms with van der Waals surface area (Å²) < 4.78 is 7.73. The van der Waals surface area contributed by atoms with Gasteiger partial charge in [0.15, 0.2) is 8.68 Å². The summed E-state index contributed by atoms with van der Waals surface area (Å²) in [5, 5.41) is 8.19. The molecule has 108 valence electrons. The van der Waals surface area contributed by atoms with Crippen LogP contribution in [0.15, 0.2) is 32.9 Å². The van der Waals surface area contributed by atoms with Crippen molar-refractivity contribution in [2.75, 3.05) is 18.6 Å². The van der Waals surface area contributed by atoms with E-state index in [0.717, 1.165) is 32.2 Å². The van der Waals surface area contributed by atoms with Gasteiger partial charge < -0.3 is 10.5 Å². The molecule has 2 rings (SSSR count). The van der Waals surface area contributed by atoms with Gasteiger partial charge in [0.05, 0.1) is 6.61 Å². The Morgan fingerprint density at radius 3 is 2.60 bits per heavy atom. The summed E-state index contributed by atoms with van der Waals surface area (Å²) in [5.74, 6) is 1.89. The van der Waals surface area contributed by atoms with E-state index in [1.807, 2.05) is 30.5 Å². The SMILES string of the molecule is CSc1nnc(SCCCOc2ccc(CN)cc2)s1. The summed E-state index contributed by atoms with van der Waals surface area (Å²) in [7, 11) is 0. The summed E-state index contributed by atoms with van der Waals surface area (Å²) in [4.78, 5) is 0. The van der Waals surface area contributed by atoms with Crippen molar-refractivity contribution >= 4 is 34.9 Å². The summed E-state index contributed by atoms with van der Waals surface area (Å²) in [6.45, 7) is 1.28. The molecule has 0 bridgehead atoms. The highest BCUT2D eigenvalue weighted by molar-refractivity contribution is 8.02. The van der Waals surface area contributed by atoms with Gasteiger partial charge in [0.1, 0.15) is 5.75 Å². The molecule has 0 fully saturated rings. The zero-order chi connectivity index (χ0) is 14.2. The molecule has 0 radical (unpaired) electrons. The number of benzene rings is 1. The molecule has 0 saturated carbocycles. The van der Waals surface area contributed by atoms with Crippen LogP contribution >= 0.6 is 34.9 Å². The lowest BCUT2D eigenvalue weighted by Crippen LogP contribution is -2.00. The van der Waals surface area contributed by atoms with Crippen molar-refractivity contribution in [2.24, 2.45) is 5.73 Å². The number of rotatable bonds is 8. The molecule has 7 heteroatoms. The minimum absolute atomic E-state index is 0.566. The van der Waals surface area contributed by atoms with E-state index < -0.39 is 0 Å². The second-order valence-electron chi connectivity index (χ2n) is 3.94. The van der Waals surface area contributed by atoms with Gasteiger partial charge in [-0.1, -0.05) is 47.0 Å².